The fourth-order valence-electron chi connectivity index (χ4n) is 3.69. The van der Waals surface area contributed by atoms with Crippen LogP contribution in [0.25, 0.3) is 16.5 Å². The lowest BCUT2D eigenvalue weighted by atomic mass is 10.2. The molecule has 11 heteroatoms. The van der Waals surface area contributed by atoms with E-state index in [2.05, 4.69) is 10.0 Å². The Bertz CT molecular complexity index is 1060. The molecule has 4 rings (SSSR count). The molecular weight excluding hydrogens is 435 g/mol. The van der Waals surface area contributed by atoms with Crippen LogP contribution >= 0.6 is 11.3 Å². The minimum Gasteiger partial charge on any atom is -0.444 e. The van der Waals surface area contributed by atoms with Gasteiger partial charge in [0.25, 0.3) is 0 Å². The topological polar surface area (TPSA) is 102 Å². The SMILES string of the molecule is [N-]=[N+]=NCC1CN(c2ccc(N3CCN(C(=O)C=Cc4cccs4)CC3)c(F)c2)C(=O)O1. The summed E-state index contributed by atoms with van der Waals surface area (Å²) in [7, 11) is 0. The predicted octanol–water partition coefficient (Wildman–Crippen LogP) is 3.88. The third kappa shape index (κ3) is 4.84. The number of hydrogen-bond acceptors (Lipinski definition) is 6. The highest BCUT2D eigenvalue weighted by molar-refractivity contribution is 7.10. The van der Waals surface area contributed by atoms with E-state index in [0.717, 1.165) is 4.88 Å². The molecule has 166 valence electrons. The summed E-state index contributed by atoms with van der Waals surface area (Å²) < 4.78 is 20.0. The van der Waals surface area contributed by atoms with Crippen LogP contribution in [0.3, 0.4) is 0 Å². The molecule has 1 aromatic heterocycles. The van der Waals surface area contributed by atoms with Gasteiger partial charge in [-0.15, -0.1) is 11.3 Å². The van der Waals surface area contributed by atoms with E-state index in [4.69, 9.17) is 10.3 Å². The average Bonchev–Trinajstić information content (AvgIpc) is 3.45. The molecule has 2 fully saturated rings. The molecule has 1 aromatic carbocycles. The van der Waals surface area contributed by atoms with Crippen molar-refractivity contribution in [1.82, 2.24) is 4.90 Å². The first kappa shape index (κ1) is 21.7. The van der Waals surface area contributed by atoms with Crippen LogP contribution in [0, 0.1) is 5.82 Å². The summed E-state index contributed by atoms with van der Waals surface area (Å²) in [5.41, 5.74) is 9.21. The van der Waals surface area contributed by atoms with Gasteiger partial charge in [0.1, 0.15) is 11.9 Å². The normalized spacial score (nSPS) is 18.7. The lowest BCUT2D eigenvalue weighted by molar-refractivity contribution is -0.126. The molecule has 0 radical (unpaired) electrons. The maximum Gasteiger partial charge on any atom is 0.414 e. The Hall–Kier alpha value is -3.56. The minimum absolute atomic E-state index is 0.0326. The van der Waals surface area contributed by atoms with Crippen LogP contribution in [0.4, 0.5) is 20.6 Å². The van der Waals surface area contributed by atoms with Crippen molar-refractivity contribution in [2.45, 2.75) is 6.10 Å². The van der Waals surface area contributed by atoms with Gasteiger partial charge in [0.15, 0.2) is 0 Å². The maximum atomic E-state index is 14.9. The zero-order valence-electron chi connectivity index (χ0n) is 17.1. The molecule has 1 unspecified atom stereocenters. The smallest absolute Gasteiger partial charge is 0.414 e. The molecule has 32 heavy (non-hydrogen) atoms. The minimum atomic E-state index is -0.599. The number of ether oxygens (including phenoxy) is 1. The molecule has 9 nitrogen and oxygen atoms in total. The number of halogens is 1. The van der Waals surface area contributed by atoms with E-state index < -0.39 is 18.0 Å². The van der Waals surface area contributed by atoms with Crippen molar-refractivity contribution in [2.75, 3.05) is 49.1 Å². The molecule has 0 N–H and O–H groups in total. The Morgan fingerprint density at radius 3 is 2.81 bits per heavy atom. The highest BCUT2D eigenvalue weighted by Crippen LogP contribution is 2.28. The molecule has 2 aliphatic rings. The first-order valence-electron chi connectivity index (χ1n) is 10.1. The number of carbonyl (C=O) groups excluding carboxylic acids is 2. The number of carbonyl (C=O) groups is 2. The molecule has 0 aliphatic carbocycles. The summed E-state index contributed by atoms with van der Waals surface area (Å²) in [4.78, 5) is 33.1. The lowest BCUT2D eigenvalue weighted by Crippen LogP contribution is -2.48. The van der Waals surface area contributed by atoms with Gasteiger partial charge >= 0.3 is 6.09 Å². The number of piperazine rings is 1. The standard InChI is InChI=1S/C21H21FN6O3S/c22-18-12-15(28-14-16(13-24-25-23)31-21(28)30)3-5-19(18)26-7-9-27(10-8-26)20(29)6-4-17-2-1-11-32-17/h1-6,11-12,16H,7-10,13-14H2. The Morgan fingerprint density at radius 1 is 1.31 bits per heavy atom. The van der Waals surface area contributed by atoms with Crippen LogP contribution in [0.1, 0.15) is 4.88 Å². The van der Waals surface area contributed by atoms with Crippen LogP contribution in [0.15, 0.2) is 46.9 Å². The van der Waals surface area contributed by atoms with Crippen molar-refractivity contribution in [2.24, 2.45) is 5.11 Å². The van der Waals surface area contributed by atoms with Gasteiger partial charge in [0.05, 0.1) is 24.5 Å². The molecule has 2 aromatic rings. The van der Waals surface area contributed by atoms with Gasteiger partial charge in [0.2, 0.25) is 5.91 Å². The third-order valence-electron chi connectivity index (χ3n) is 5.33. The second-order valence-electron chi connectivity index (χ2n) is 7.33. The van der Waals surface area contributed by atoms with E-state index in [0.29, 0.717) is 37.6 Å². The predicted molar refractivity (Wildman–Crippen MR) is 120 cm³/mol. The van der Waals surface area contributed by atoms with E-state index >= 15 is 0 Å². The number of thiophene rings is 1. The van der Waals surface area contributed by atoms with Crippen molar-refractivity contribution in [3.8, 4) is 0 Å². The van der Waals surface area contributed by atoms with Crippen molar-refractivity contribution in [1.29, 1.82) is 0 Å². The zero-order chi connectivity index (χ0) is 22.5. The molecule has 3 heterocycles. The van der Waals surface area contributed by atoms with E-state index in [1.807, 2.05) is 22.4 Å². The van der Waals surface area contributed by atoms with Gasteiger partial charge in [0, 0.05) is 42.0 Å². The number of amides is 2. The fraction of sp³-hybridized carbons (Fsp3) is 0.333. The van der Waals surface area contributed by atoms with E-state index in [1.165, 1.54) is 11.0 Å². The number of nitrogens with zero attached hydrogens (tertiary/aromatic N) is 6. The van der Waals surface area contributed by atoms with E-state index in [-0.39, 0.29) is 19.0 Å². The maximum absolute atomic E-state index is 14.9. The summed E-state index contributed by atoms with van der Waals surface area (Å²) in [6, 6.07) is 8.47. The first-order chi connectivity index (χ1) is 15.5. The number of cyclic esters (lactones) is 1. The average molecular weight is 457 g/mol. The number of benzene rings is 1. The first-order valence-corrected chi connectivity index (χ1v) is 11.0. The van der Waals surface area contributed by atoms with Gasteiger partial charge in [-0.3, -0.25) is 9.69 Å². The van der Waals surface area contributed by atoms with Gasteiger partial charge in [-0.05, 0) is 41.3 Å². The quantitative estimate of drug-likeness (QED) is 0.285. The van der Waals surface area contributed by atoms with Gasteiger partial charge in [-0.1, -0.05) is 11.2 Å². The highest BCUT2D eigenvalue weighted by Gasteiger charge is 2.32. The summed E-state index contributed by atoms with van der Waals surface area (Å²) in [6.07, 6.45) is 2.22. The van der Waals surface area contributed by atoms with Crippen LogP contribution in [0.2, 0.25) is 0 Å². The van der Waals surface area contributed by atoms with Gasteiger partial charge in [-0.2, -0.15) is 0 Å². The molecule has 2 amide bonds. The van der Waals surface area contributed by atoms with E-state index in [1.54, 1.807) is 40.5 Å². The fourth-order valence-corrected chi connectivity index (χ4v) is 4.31. The van der Waals surface area contributed by atoms with Crippen LogP contribution < -0.4 is 9.80 Å². The zero-order valence-corrected chi connectivity index (χ0v) is 17.9. The summed E-state index contributed by atoms with van der Waals surface area (Å²) in [6.45, 7) is 2.23. The summed E-state index contributed by atoms with van der Waals surface area (Å²) in [5, 5.41) is 5.37. The number of azide groups is 1. The van der Waals surface area contributed by atoms with Crippen molar-refractivity contribution >= 4 is 40.8 Å². The molecular formula is C21H21FN6O3S. The largest absolute Gasteiger partial charge is 0.444 e. The summed E-state index contributed by atoms with van der Waals surface area (Å²) in [5.74, 6) is -0.511. The Labute approximate surface area is 187 Å². The highest BCUT2D eigenvalue weighted by atomic mass is 32.1. The van der Waals surface area contributed by atoms with Crippen LogP contribution in [0.5, 0.6) is 0 Å². The Balaban J connectivity index is 1.35. The monoisotopic (exact) mass is 456 g/mol. The molecule has 0 saturated carbocycles. The van der Waals surface area contributed by atoms with E-state index in [9.17, 15) is 14.0 Å². The molecule has 0 spiro atoms. The Kier molecular flexibility index (Phi) is 6.58. The Morgan fingerprint density at radius 2 is 2.12 bits per heavy atom. The van der Waals surface area contributed by atoms with Crippen molar-refractivity contribution < 1.29 is 18.7 Å². The van der Waals surface area contributed by atoms with Gasteiger partial charge < -0.3 is 14.5 Å². The van der Waals surface area contributed by atoms with Crippen molar-refractivity contribution in [3.63, 3.8) is 0 Å². The second kappa shape index (κ2) is 9.71. The molecule has 0 bridgehead atoms. The van der Waals surface area contributed by atoms with Crippen molar-refractivity contribution in [3.05, 3.63) is 62.9 Å². The van der Waals surface area contributed by atoms with Gasteiger partial charge in [-0.25, -0.2) is 9.18 Å². The number of hydrogen-bond donors (Lipinski definition) is 0. The third-order valence-corrected chi connectivity index (χ3v) is 6.17. The summed E-state index contributed by atoms with van der Waals surface area (Å²) >= 11 is 1.57. The molecule has 2 aliphatic heterocycles. The number of rotatable bonds is 6. The molecule has 2 saturated heterocycles. The van der Waals surface area contributed by atoms with Crippen LogP contribution in [-0.4, -0.2) is 62.3 Å². The lowest BCUT2D eigenvalue weighted by Gasteiger charge is -2.36. The number of anilines is 2. The van der Waals surface area contributed by atoms with Crippen LogP contribution in [-0.2, 0) is 9.53 Å². The molecule has 1 atom stereocenters. The second-order valence-corrected chi connectivity index (χ2v) is 8.31.